The summed E-state index contributed by atoms with van der Waals surface area (Å²) in [4.78, 5) is 0. The molecule has 0 aromatic heterocycles. The molecule has 0 saturated carbocycles. The van der Waals surface area contributed by atoms with Crippen LogP contribution in [0.3, 0.4) is 0 Å². The van der Waals surface area contributed by atoms with E-state index < -0.39 is 47.0 Å². The van der Waals surface area contributed by atoms with E-state index in [2.05, 4.69) is 0 Å². The zero-order valence-corrected chi connectivity index (χ0v) is 14.5. The van der Waals surface area contributed by atoms with E-state index in [1.54, 1.807) is 0 Å². The molecule has 0 amide bonds. The second kappa shape index (κ2) is 7.33. The molecule has 0 aromatic rings. The van der Waals surface area contributed by atoms with Gasteiger partial charge >= 0.3 is 87.4 Å². The molecule has 0 rings (SSSR count). The van der Waals surface area contributed by atoms with E-state index in [-0.39, 0.29) is 51.4 Å². The van der Waals surface area contributed by atoms with Gasteiger partial charge in [0.1, 0.15) is 0 Å². The van der Waals surface area contributed by atoms with Crippen LogP contribution in [0.25, 0.3) is 0 Å². The van der Waals surface area contributed by atoms with E-state index in [0.29, 0.717) is 0 Å². The molecule has 0 spiro atoms. The molecular formula is C6F13KO3S. The van der Waals surface area contributed by atoms with Crippen molar-refractivity contribution in [1.82, 2.24) is 0 Å². The number of hydrogen-bond acceptors (Lipinski definition) is 4. The zero-order chi connectivity index (χ0) is 19.3. The van der Waals surface area contributed by atoms with Gasteiger partial charge in [0, 0.05) is 0 Å². The molecule has 24 heavy (non-hydrogen) atoms. The van der Waals surface area contributed by atoms with Gasteiger partial charge in [0.05, 0.1) is 11.0 Å². The first kappa shape index (κ1) is 26.9. The molecule has 0 aliphatic rings. The Morgan fingerprint density at radius 1 is 0.542 bits per heavy atom. The van der Waals surface area contributed by atoms with Crippen LogP contribution in [0.2, 0.25) is 0 Å². The van der Waals surface area contributed by atoms with Crippen LogP contribution in [0.5, 0.6) is 0 Å². The molecule has 0 unspecified atom stereocenters. The SMILES string of the molecule is O=[S-](=O)OC(F)(F)C(F)(F)C(F)(F)C(F)(F)C(F)(F)C(F)(F)F.[K+]. The van der Waals surface area contributed by atoms with E-state index in [4.69, 9.17) is 0 Å². The number of hydrogen-bond donors (Lipinski definition) is 0. The molecule has 0 saturated heterocycles. The van der Waals surface area contributed by atoms with Crippen LogP contribution >= 0.6 is 0 Å². The molecule has 0 aromatic carbocycles. The van der Waals surface area contributed by atoms with Gasteiger partial charge in [0.25, 0.3) is 0 Å². The summed E-state index contributed by atoms with van der Waals surface area (Å²) in [6, 6.07) is 0. The molecular weight excluding hydrogens is 438 g/mol. The fourth-order valence-corrected chi connectivity index (χ4v) is 1.17. The third kappa shape index (κ3) is 4.13. The molecule has 0 N–H and O–H groups in total. The van der Waals surface area contributed by atoms with Crippen LogP contribution in [0.15, 0.2) is 0 Å². The molecule has 18 heteroatoms. The van der Waals surface area contributed by atoms with Gasteiger partial charge in [0.15, 0.2) is 0 Å². The van der Waals surface area contributed by atoms with Gasteiger partial charge < -0.3 is 12.6 Å². The Morgan fingerprint density at radius 3 is 1.08 bits per heavy atom. The van der Waals surface area contributed by atoms with Crippen molar-refractivity contribution in [3.63, 3.8) is 0 Å². The maximum absolute atomic E-state index is 12.7. The van der Waals surface area contributed by atoms with Crippen LogP contribution in [-0.2, 0) is 23.6 Å². The van der Waals surface area contributed by atoms with E-state index >= 15 is 0 Å². The van der Waals surface area contributed by atoms with E-state index in [9.17, 15) is 65.5 Å². The van der Waals surface area contributed by atoms with Crippen LogP contribution in [-0.4, -0.2) is 36.0 Å². The predicted octanol–water partition coefficient (Wildman–Crippen LogP) is 0.928. The summed E-state index contributed by atoms with van der Waals surface area (Å²) >= 11 is 0. The Hall–Kier alpha value is 0.636. The minimum Gasteiger partial charge on any atom is -0.397 e. The Kier molecular flexibility index (Phi) is 8.21. The summed E-state index contributed by atoms with van der Waals surface area (Å²) in [5.74, 6) is -31.8. The van der Waals surface area contributed by atoms with Crippen molar-refractivity contribution in [3.05, 3.63) is 0 Å². The number of alkyl halides is 13. The van der Waals surface area contributed by atoms with Gasteiger partial charge in [0.2, 0.25) is 0 Å². The zero-order valence-electron chi connectivity index (χ0n) is 10.5. The van der Waals surface area contributed by atoms with Crippen LogP contribution in [0, 0.1) is 0 Å². The first-order valence-electron chi connectivity index (χ1n) is 4.41. The second-order valence-electron chi connectivity index (χ2n) is 3.60. The molecule has 3 nitrogen and oxygen atoms in total. The van der Waals surface area contributed by atoms with Crippen molar-refractivity contribution in [2.24, 2.45) is 0 Å². The summed E-state index contributed by atoms with van der Waals surface area (Å²) in [5.41, 5.74) is 0. The van der Waals surface area contributed by atoms with Gasteiger partial charge in [-0.1, -0.05) is 0 Å². The second-order valence-corrected chi connectivity index (χ2v) is 4.17. The Morgan fingerprint density at radius 2 is 0.833 bits per heavy atom. The van der Waals surface area contributed by atoms with Crippen molar-refractivity contribution >= 4 is 11.0 Å². The Balaban J connectivity index is 0. The van der Waals surface area contributed by atoms with Crippen LogP contribution in [0.1, 0.15) is 0 Å². The fraction of sp³-hybridized carbons (Fsp3) is 1.00. The van der Waals surface area contributed by atoms with Crippen LogP contribution < -0.4 is 51.4 Å². The first-order valence-corrected chi connectivity index (χ1v) is 5.41. The summed E-state index contributed by atoms with van der Waals surface area (Å²) in [7, 11) is -4.75. The van der Waals surface area contributed by atoms with E-state index in [1.807, 2.05) is 4.18 Å². The van der Waals surface area contributed by atoms with E-state index in [1.165, 1.54) is 0 Å². The first-order chi connectivity index (χ1) is 9.67. The quantitative estimate of drug-likeness (QED) is 0.352. The Bertz CT molecular complexity index is 516. The summed E-state index contributed by atoms with van der Waals surface area (Å²) in [6.45, 7) is 0. The normalized spacial score (nSPS) is 15.4. The minimum atomic E-state index is -8.10. The van der Waals surface area contributed by atoms with Crippen molar-refractivity contribution in [2.75, 3.05) is 0 Å². The average Bonchev–Trinajstić information content (AvgIpc) is 2.24. The van der Waals surface area contributed by atoms with Crippen molar-refractivity contribution in [1.29, 1.82) is 0 Å². The molecule has 0 radical (unpaired) electrons. The molecule has 0 atom stereocenters. The number of halogens is 13. The largest absolute Gasteiger partial charge is 1.00 e. The fourth-order valence-electron chi connectivity index (χ4n) is 0.893. The third-order valence-electron chi connectivity index (χ3n) is 2.08. The molecule has 140 valence electrons. The maximum atomic E-state index is 12.7. The maximum Gasteiger partial charge on any atom is 1.00 e. The monoisotopic (exact) mass is 438 g/mol. The van der Waals surface area contributed by atoms with Crippen molar-refractivity contribution < 1.29 is 121 Å². The molecule has 0 aliphatic heterocycles. The van der Waals surface area contributed by atoms with Gasteiger partial charge in [-0.05, 0) is 0 Å². The summed E-state index contributed by atoms with van der Waals surface area (Å²) < 4.78 is 181. The smallest absolute Gasteiger partial charge is 0.397 e. The summed E-state index contributed by atoms with van der Waals surface area (Å²) in [6.07, 6.45) is -14.6. The molecule has 0 heterocycles. The molecule has 0 fully saturated rings. The van der Waals surface area contributed by atoms with Crippen molar-refractivity contribution in [2.45, 2.75) is 36.0 Å². The van der Waals surface area contributed by atoms with Gasteiger partial charge in [-0.25, -0.2) is 0 Å². The minimum absolute atomic E-state index is 0. The molecule has 0 aliphatic carbocycles. The molecule has 0 bridgehead atoms. The van der Waals surface area contributed by atoms with Gasteiger partial charge in [-0.15, -0.1) is 0 Å². The summed E-state index contributed by atoms with van der Waals surface area (Å²) in [5, 5.41) is 0. The van der Waals surface area contributed by atoms with Gasteiger partial charge in [-0.3, -0.25) is 0 Å². The van der Waals surface area contributed by atoms with Crippen LogP contribution in [0.4, 0.5) is 57.1 Å². The standard InChI is InChI=1S/C6F13O3S.K/c7-1(8,3(11,12)5(15,16)17)2(9,10)4(13,14)6(18,19)22-23(20)21;/q-1;+1. The van der Waals surface area contributed by atoms with Gasteiger partial charge in [-0.2, -0.15) is 57.1 Å². The number of rotatable bonds is 6. The topological polar surface area (TPSA) is 43.4 Å². The Labute approximate surface area is 167 Å². The average molecular weight is 438 g/mol. The third-order valence-corrected chi connectivity index (χ3v) is 2.42. The predicted molar refractivity (Wildman–Crippen MR) is 40.6 cm³/mol. The van der Waals surface area contributed by atoms with Crippen molar-refractivity contribution in [3.8, 4) is 0 Å². The van der Waals surface area contributed by atoms with E-state index in [0.717, 1.165) is 0 Å².